The number of oxime groups is 1. The van der Waals surface area contributed by atoms with Crippen molar-refractivity contribution in [1.29, 1.82) is 0 Å². The van der Waals surface area contributed by atoms with Crippen LogP contribution in [-0.4, -0.2) is 17.0 Å². The van der Waals surface area contributed by atoms with Gasteiger partial charge in [-0.2, -0.15) is 0 Å². The van der Waals surface area contributed by atoms with Crippen molar-refractivity contribution in [3.63, 3.8) is 0 Å². The lowest BCUT2D eigenvalue weighted by atomic mass is 10.1. The highest BCUT2D eigenvalue weighted by Gasteiger charge is 2.10. The molecule has 7 heteroatoms. The second-order valence-corrected chi connectivity index (χ2v) is 5.00. The van der Waals surface area contributed by atoms with E-state index in [1.54, 1.807) is 18.2 Å². The van der Waals surface area contributed by atoms with Crippen molar-refractivity contribution in [3.05, 3.63) is 63.9 Å². The fourth-order valence-corrected chi connectivity index (χ4v) is 2.01. The molecule has 0 spiro atoms. The smallest absolute Gasteiger partial charge is 0.255 e. The minimum Gasteiger partial charge on any atom is -0.409 e. The Balaban J connectivity index is 2.26. The molecule has 0 fully saturated rings. The summed E-state index contributed by atoms with van der Waals surface area (Å²) in [6.07, 6.45) is 0. The van der Waals surface area contributed by atoms with Crippen LogP contribution in [0.25, 0.3) is 0 Å². The number of rotatable bonds is 3. The summed E-state index contributed by atoms with van der Waals surface area (Å²) in [4.78, 5) is 12.1. The number of nitrogens with two attached hydrogens (primary N) is 1. The Morgan fingerprint density at radius 1 is 1.24 bits per heavy atom. The average molecular weight is 352 g/mol. The van der Waals surface area contributed by atoms with Crippen molar-refractivity contribution in [2.45, 2.75) is 0 Å². The van der Waals surface area contributed by atoms with Gasteiger partial charge in [-0.1, -0.05) is 17.3 Å². The molecule has 0 saturated heterocycles. The number of carbonyl (C=O) groups excluding carboxylic acids is 1. The van der Waals surface area contributed by atoms with Gasteiger partial charge in [0.2, 0.25) is 0 Å². The number of amidine groups is 1. The number of anilines is 1. The van der Waals surface area contributed by atoms with E-state index in [9.17, 15) is 9.18 Å². The highest BCUT2D eigenvalue weighted by Crippen LogP contribution is 2.23. The first-order valence-electron chi connectivity index (χ1n) is 5.85. The molecule has 0 aliphatic carbocycles. The quantitative estimate of drug-likeness (QED) is 0.344. The zero-order valence-corrected chi connectivity index (χ0v) is 12.3. The van der Waals surface area contributed by atoms with Gasteiger partial charge in [-0.15, -0.1) is 0 Å². The van der Waals surface area contributed by atoms with Crippen LogP contribution in [0.1, 0.15) is 15.9 Å². The van der Waals surface area contributed by atoms with Crippen molar-refractivity contribution in [1.82, 2.24) is 0 Å². The van der Waals surface area contributed by atoms with Crippen LogP contribution in [0, 0.1) is 5.82 Å². The predicted molar refractivity (Wildman–Crippen MR) is 81.0 cm³/mol. The number of carbonyl (C=O) groups is 1. The highest BCUT2D eigenvalue weighted by molar-refractivity contribution is 9.10. The SMILES string of the molecule is N/C(=N/O)c1cccc(C(=O)Nc2cc(F)ccc2Br)c1. The summed E-state index contributed by atoms with van der Waals surface area (Å²) in [5.41, 5.74) is 6.49. The summed E-state index contributed by atoms with van der Waals surface area (Å²) in [6, 6.07) is 10.2. The zero-order valence-electron chi connectivity index (χ0n) is 10.7. The van der Waals surface area contributed by atoms with Crippen LogP contribution in [0.15, 0.2) is 52.1 Å². The molecule has 5 nitrogen and oxygen atoms in total. The van der Waals surface area contributed by atoms with Crippen LogP contribution in [0.2, 0.25) is 0 Å². The third kappa shape index (κ3) is 3.57. The van der Waals surface area contributed by atoms with Crippen LogP contribution < -0.4 is 11.1 Å². The van der Waals surface area contributed by atoms with E-state index in [1.165, 1.54) is 24.3 Å². The van der Waals surface area contributed by atoms with Crippen LogP contribution in [0.4, 0.5) is 10.1 Å². The Bertz CT molecular complexity index is 719. The van der Waals surface area contributed by atoms with Crippen LogP contribution in [0.3, 0.4) is 0 Å². The fraction of sp³-hybridized carbons (Fsp3) is 0. The van der Waals surface area contributed by atoms with Crippen LogP contribution in [0.5, 0.6) is 0 Å². The first-order chi connectivity index (χ1) is 10.0. The third-order valence-corrected chi connectivity index (χ3v) is 3.40. The van der Waals surface area contributed by atoms with Gasteiger partial charge in [-0.3, -0.25) is 4.79 Å². The summed E-state index contributed by atoms with van der Waals surface area (Å²) in [6.45, 7) is 0. The van der Waals surface area contributed by atoms with E-state index >= 15 is 0 Å². The fourth-order valence-electron chi connectivity index (χ4n) is 1.67. The number of amides is 1. The first-order valence-corrected chi connectivity index (χ1v) is 6.65. The minimum atomic E-state index is -0.459. The summed E-state index contributed by atoms with van der Waals surface area (Å²) >= 11 is 3.23. The van der Waals surface area contributed by atoms with E-state index in [4.69, 9.17) is 10.9 Å². The number of halogens is 2. The van der Waals surface area contributed by atoms with Crippen molar-refractivity contribution in [3.8, 4) is 0 Å². The third-order valence-electron chi connectivity index (χ3n) is 2.70. The Kier molecular flexibility index (Phi) is 4.54. The van der Waals surface area contributed by atoms with Gasteiger partial charge in [0.1, 0.15) is 5.82 Å². The molecule has 0 saturated carbocycles. The molecule has 2 aromatic carbocycles. The number of nitrogens with one attached hydrogen (secondary N) is 1. The monoisotopic (exact) mass is 351 g/mol. The lowest BCUT2D eigenvalue weighted by Gasteiger charge is -2.08. The molecule has 0 heterocycles. The molecule has 4 N–H and O–H groups in total. The number of hydrogen-bond acceptors (Lipinski definition) is 3. The standard InChI is InChI=1S/C14H11BrFN3O2/c15-11-5-4-10(16)7-12(11)18-14(20)9-3-1-2-8(6-9)13(17)19-21/h1-7,21H,(H2,17,19)(H,18,20). The van der Waals surface area contributed by atoms with Crippen molar-refractivity contribution in [2.24, 2.45) is 10.9 Å². The van der Waals surface area contributed by atoms with E-state index in [0.29, 0.717) is 21.3 Å². The molecule has 1 amide bonds. The molecule has 108 valence electrons. The van der Waals surface area contributed by atoms with Crippen LogP contribution in [-0.2, 0) is 0 Å². The van der Waals surface area contributed by atoms with E-state index in [-0.39, 0.29) is 5.84 Å². The Morgan fingerprint density at radius 2 is 1.95 bits per heavy atom. The van der Waals surface area contributed by atoms with Gasteiger partial charge in [-0.25, -0.2) is 4.39 Å². The Hall–Kier alpha value is -2.41. The molecule has 0 aromatic heterocycles. The maximum atomic E-state index is 13.2. The van der Waals surface area contributed by atoms with Gasteiger partial charge in [-0.05, 0) is 46.3 Å². The Labute approximate surface area is 128 Å². The molecule has 0 atom stereocenters. The molecule has 0 aliphatic rings. The lowest BCUT2D eigenvalue weighted by molar-refractivity contribution is 0.102. The van der Waals surface area contributed by atoms with Crippen LogP contribution >= 0.6 is 15.9 Å². The second-order valence-electron chi connectivity index (χ2n) is 4.14. The number of benzene rings is 2. The zero-order chi connectivity index (χ0) is 15.4. The van der Waals surface area contributed by atoms with Gasteiger partial charge in [0.25, 0.3) is 5.91 Å². The summed E-state index contributed by atoms with van der Waals surface area (Å²) in [5.74, 6) is -0.996. The molecule has 21 heavy (non-hydrogen) atoms. The topological polar surface area (TPSA) is 87.7 Å². The average Bonchev–Trinajstić information content (AvgIpc) is 2.50. The lowest BCUT2D eigenvalue weighted by Crippen LogP contribution is -2.16. The van der Waals surface area contributed by atoms with Crippen molar-refractivity contribution < 1.29 is 14.4 Å². The molecule has 2 rings (SSSR count). The number of nitrogens with zero attached hydrogens (tertiary/aromatic N) is 1. The van der Waals surface area contributed by atoms with E-state index in [2.05, 4.69) is 26.4 Å². The van der Waals surface area contributed by atoms with Gasteiger partial charge in [0.05, 0.1) is 5.69 Å². The molecule has 0 aliphatic heterocycles. The summed E-state index contributed by atoms with van der Waals surface area (Å²) < 4.78 is 13.7. The highest BCUT2D eigenvalue weighted by atomic mass is 79.9. The summed E-state index contributed by atoms with van der Waals surface area (Å²) in [7, 11) is 0. The van der Waals surface area contributed by atoms with Gasteiger partial charge in [0.15, 0.2) is 5.84 Å². The predicted octanol–water partition coefficient (Wildman–Crippen LogP) is 2.94. The number of hydrogen-bond donors (Lipinski definition) is 3. The molecular formula is C14H11BrFN3O2. The summed E-state index contributed by atoms with van der Waals surface area (Å²) in [5, 5.41) is 14.1. The van der Waals surface area contributed by atoms with Gasteiger partial charge in [0, 0.05) is 15.6 Å². The maximum Gasteiger partial charge on any atom is 0.255 e. The normalized spacial score (nSPS) is 11.2. The minimum absolute atomic E-state index is 0.100. The molecule has 2 aromatic rings. The second kappa shape index (κ2) is 6.36. The van der Waals surface area contributed by atoms with Crippen molar-refractivity contribution in [2.75, 3.05) is 5.32 Å². The largest absolute Gasteiger partial charge is 0.409 e. The maximum absolute atomic E-state index is 13.2. The molecular weight excluding hydrogens is 341 g/mol. The van der Waals surface area contributed by atoms with Gasteiger partial charge >= 0.3 is 0 Å². The molecule has 0 unspecified atom stereocenters. The molecule has 0 bridgehead atoms. The van der Waals surface area contributed by atoms with Crippen molar-refractivity contribution >= 4 is 33.4 Å². The van der Waals surface area contributed by atoms with E-state index in [0.717, 1.165) is 0 Å². The first kappa shape index (κ1) is 15.0. The van der Waals surface area contributed by atoms with Gasteiger partial charge < -0.3 is 16.3 Å². The van der Waals surface area contributed by atoms with E-state index in [1.807, 2.05) is 0 Å². The molecule has 0 radical (unpaired) electrons. The Morgan fingerprint density at radius 3 is 2.67 bits per heavy atom. The van der Waals surface area contributed by atoms with E-state index < -0.39 is 11.7 Å².